The SMILES string of the molecule is COC(=O)c1ccc(CN2C(=O)N/C(=C\c3ccc(OCC(=O)Nc4ccccc4)c(I)c3)C2=O)o1. The molecular weight excluding hydrogens is 581 g/mol. The van der Waals surface area contributed by atoms with Crippen molar-refractivity contribution in [2.75, 3.05) is 19.0 Å². The van der Waals surface area contributed by atoms with E-state index in [9.17, 15) is 19.2 Å². The van der Waals surface area contributed by atoms with Crippen LogP contribution in [0.4, 0.5) is 10.5 Å². The number of rotatable bonds is 8. The van der Waals surface area contributed by atoms with Crippen molar-refractivity contribution in [1.29, 1.82) is 0 Å². The van der Waals surface area contributed by atoms with E-state index in [1.165, 1.54) is 25.3 Å². The molecule has 1 fully saturated rings. The van der Waals surface area contributed by atoms with Crippen molar-refractivity contribution in [1.82, 2.24) is 10.2 Å². The molecule has 184 valence electrons. The average molecular weight is 601 g/mol. The summed E-state index contributed by atoms with van der Waals surface area (Å²) in [5.74, 6) is -0.750. The Morgan fingerprint density at radius 1 is 1.11 bits per heavy atom. The lowest BCUT2D eigenvalue weighted by atomic mass is 10.2. The van der Waals surface area contributed by atoms with Gasteiger partial charge in [0.05, 0.1) is 17.2 Å². The number of hydrogen-bond donors (Lipinski definition) is 2. The van der Waals surface area contributed by atoms with Gasteiger partial charge >= 0.3 is 12.0 Å². The van der Waals surface area contributed by atoms with Gasteiger partial charge in [0.25, 0.3) is 11.8 Å². The number of urea groups is 1. The van der Waals surface area contributed by atoms with Gasteiger partial charge < -0.3 is 24.5 Å². The zero-order valence-corrected chi connectivity index (χ0v) is 21.1. The Bertz CT molecular complexity index is 1350. The third-order valence-corrected chi connectivity index (χ3v) is 5.85. The summed E-state index contributed by atoms with van der Waals surface area (Å²) in [4.78, 5) is 49.7. The first-order valence-corrected chi connectivity index (χ1v) is 11.7. The number of halogens is 1. The highest BCUT2D eigenvalue weighted by molar-refractivity contribution is 14.1. The van der Waals surface area contributed by atoms with Gasteiger partial charge in [-0.25, -0.2) is 9.59 Å². The largest absolute Gasteiger partial charge is 0.483 e. The van der Waals surface area contributed by atoms with Crippen LogP contribution in [0.3, 0.4) is 0 Å². The van der Waals surface area contributed by atoms with Crippen molar-refractivity contribution in [2.24, 2.45) is 0 Å². The summed E-state index contributed by atoms with van der Waals surface area (Å²) in [6, 6.07) is 16.5. The van der Waals surface area contributed by atoms with Crippen LogP contribution in [0.1, 0.15) is 21.9 Å². The Kier molecular flexibility index (Phi) is 7.68. The molecule has 0 aliphatic carbocycles. The summed E-state index contributed by atoms with van der Waals surface area (Å²) in [5.41, 5.74) is 1.42. The van der Waals surface area contributed by atoms with Gasteiger partial charge in [-0.2, -0.15) is 0 Å². The standard InChI is InChI=1S/C25H20IN3O7/c1-34-24(32)21-10-8-17(36-21)13-29-23(31)19(28-25(29)33)12-15-7-9-20(18(26)11-15)35-14-22(30)27-16-5-3-2-4-6-16/h2-12H,13-14H2,1H3,(H,27,30)(H,28,33)/b19-12-. The molecular formula is C25H20IN3O7. The predicted molar refractivity (Wildman–Crippen MR) is 137 cm³/mol. The second kappa shape index (κ2) is 11.1. The highest BCUT2D eigenvalue weighted by Gasteiger charge is 2.34. The smallest absolute Gasteiger partial charge is 0.373 e. The summed E-state index contributed by atoms with van der Waals surface area (Å²) < 4.78 is 16.3. The zero-order chi connectivity index (χ0) is 25.7. The predicted octanol–water partition coefficient (Wildman–Crippen LogP) is 3.78. The molecule has 0 unspecified atom stereocenters. The van der Waals surface area contributed by atoms with Crippen LogP contribution in [0.5, 0.6) is 5.75 Å². The lowest BCUT2D eigenvalue weighted by molar-refractivity contribution is -0.123. The van der Waals surface area contributed by atoms with Gasteiger partial charge in [0.1, 0.15) is 17.2 Å². The number of esters is 1. The molecule has 0 atom stereocenters. The minimum Gasteiger partial charge on any atom is -0.483 e. The van der Waals surface area contributed by atoms with Crippen LogP contribution in [-0.2, 0) is 20.9 Å². The maximum absolute atomic E-state index is 12.8. The van der Waals surface area contributed by atoms with Crippen molar-refractivity contribution < 1.29 is 33.1 Å². The van der Waals surface area contributed by atoms with Gasteiger partial charge in [-0.05, 0) is 70.6 Å². The molecule has 3 aromatic rings. The summed E-state index contributed by atoms with van der Waals surface area (Å²) in [5, 5.41) is 5.28. The second-order valence-electron chi connectivity index (χ2n) is 7.53. The lowest BCUT2D eigenvalue weighted by Crippen LogP contribution is -2.30. The first-order chi connectivity index (χ1) is 17.3. The van der Waals surface area contributed by atoms with Crippen LogP contribution in [0.25, 0.3) is 6.08 Å². The number of furan rings is 1. The van der Waals surface area contributed by atoms with Crippen molar-refractivity contribution in [3.63, 3.8) is 0 Å². The van der Waals surface area contributed by atoms with E-state index in [1.807, 2.05) is 18.2 Å². The molecule has 2 N–H and O–H groups in total. The Morgan fingerprint density at radius 2 is 1.89 bits per heavy atom. The molecule has 36 heavy (non-hydrogen) atoms. The number of nitrogens with zero attached hydrogens (tertiary/aromatic N) is 1. The molecule has 2 heterocycles. The number of nitrogens with one attached hydrogen (secondary N) is 2. The minimum atomic E-state index is -0.655. The molecule has 0 saturated carbocycles. The van der Waals surface area contributed by atoms with Gasteiger partial charge in [-0.15, -0.1) is 0 Å². The number of carbonyl (C=O) groups is 4. The van der Waals surface area contributed by atoms with Gasteiger partial charge in [-0.3, -0.25) is 14.5 Å². The van der Waals surface area contributed by atoms with E-state index in [-0.39, 0.29) is 36.3 Å². The fraction of sp³-hybridized carbons (Fsp3) is 0.120. The first-order valence-electron chi connectivity index (χ1n) is 10.6. The molecule has 1 saturated heterocycles. The zero-order valence-electron chi connectivity index (χ0n) is 18.9. The summed E-state index contributed by atoms with van der Waals surface area (Å²) in [7, 11) is 1.22. The van der Waals surface area contributed by atoms with Crippen LogP contribution in [0.2, 0.25) is 0 Å². The third-order valence-electron chi connectivity index (χ3n) is 5.01. The summed E-state index contributed by atoms with van der Waals surface area (Å²) in [6.45, 7) is -0.312. The molecule has 4 rings (SSSR count). The molecule has 11 heteroatoms. The fourth-order valence-corrected chi connectivity index (χ4v) is 3.99. The number of imide groups is 1. The van der Waals surface area contributed by atoms with E-state index in [0.717, 1.165) is 4.90 Å². The molecule has 10 nitrogen and oxygen atoms in total. The first kappa shape index (κ1) is 25.0. The molecule has 0 spiro atoms. The van der Waals surface area contributed by atoms with Crippen LogP contribution in [0, 0.1) is 3.57 Å². The molecule has 1 aliphatic rings. The van der Waals surface area contributed by atoms with Crippen LogP contribution < -0.4 is 15.4 Å². The molecule has 4 amide bonds. The van der Waals surface area contributed by atoms with E-state index in [4.69, 9.17) is 9.15 Å². The maximum atomic E-state index is 12.8. The fourth-order valence-electron chi connectivity index (χ4n) is 3.30. The Balaban J connectivity index is 1.38. The van der Waals surface area contributed by atoms with E-state index in [2.05, 4.69) is 38.0 Å². The minimum absolute atomic E-state index is 0.0234. The number of anilines is 1. The van der Waals surface area contributed by atoms with Crippen molar-refractivity contribution in [3.05, 3.63) is 87.0 Å². The maximum Gasteiger partial charge on any atom is 0.373 e. The molecule has 0 bridgehead atoms. The lowest BCUT2D eigenvalue weighted by Gasteiger charge is -2.10. The third kappa shape index (κ3) is 5.92. The summed E-state index contributed by atoms with van der Waals surface area (Å²) in [6.07, 6.45) is 1.54. The van der Waals surface area contributed by atoms with Gasteiger partial charge in [-0.1, -0.05) is 24.3 Å². The average Bonchev–Trinajstić information content (AvgIpc) is 3.44. The molecule has 0 radical (unpaired) electrons. The van der Waals surface area contributed by atoms with Crippen LogP contribution in [-0.4, -0.2) is 42.4 Å². The van der Waals surface area contributed by atoms with Gasteiger partial charge in [0.2, 0.25) is 5.76 Å². The van der Waals surface area contributed by atoms with Gasteiger partial charge in [0.15, 0.2) is 6.61 Å². The van der Waals surface area contributed by atoms with Crippen LogP contribution in [0.15, 0.2) is 70.8 Å². The highest BCUT2D eigenvalue weighted by atomic mass is 127. The second-order valence-corrected chi connectivity index (χ2v) is 8.69. The van der Waals surface area contributed by atoms with E-state index in [0.29, 0.717) is 20.6 Å². The highest BCUT2D eigenvalue weighted by Crippen LogP contribution is 2.25. The van der Waals surface area contributed by atoms with Crippen molar-refractivity contribution in [2.45, 2.75) is 6.54 Å². The normalized spacial score (nSPS) is 14.1. The van der Waals surface area contributed by atoms with E-state index in [1.54, 1.807) is 30.3 Å². The number of hydrogen-bond acceptors (Lipinski definition) is 7. The number of para-hydroxylation sites is 1. The number of amides is 4. The van der Waals surface area contributed by atoms with Gasteiger partial charge in [0, 0.05) is 5.69 Å². The molecule has 2 aromatic carbocycles. The van der Waals surface area contributed by atoms with Crippen molar-refractivity contribution >= 4 is 58.2 Å². The summed E-state index contributed by atoms with van der Waals surface area (Å²) >= 11 is 2.06. The molecule has 1 aromatic heterocycles. The number of carbonyl (C=O) groups excluding carboxylic acids is 4. The number of ether oxygens (including phenoxy) is 2. The monoisotopic (exact) mass is 601 g/mol. The molecule has 1 aliphatic heterocycles. The Hall–Kier alpha value is -4.13. The van der Waals surface area contributed by atoms with E-state index >= 15 is 0 Å². The van der Waals surface area contributed by atoms with E-state index < -0.39 is 17.9 Å². The Morgan fingerprint density at radius 3 is 2.61 bits per heavy atom. The van der Waals surface area contributed by atoms with Crippen LogP contribution >= 0.6 is 22.6 Å². The number of benzene rings is 2. The topological polar surface area (TPSA) is 127 Å². The Labute approximate surface area is 219 Å². The van der Waals surface area contributed by atoms with Crippen molar-refractivity contribution in [3.8, 4) is 5.75 Å². The number of methoxy groups -OCH3 is 1. The quantitative estimate of drug-likeness (QED) is 0.174.